The Morgan fingerprint density at radius 2 is 2.00 bits per heavy atom. The lowest BCUT2D eigenvalue weighted by Crippen LogP contribution is -2.54. The van der Waals surface area contributed by atoms with E-state index in [1.165, 1.54) is 12.1 Å². The second-order valence-electron chi connectivity index (χ2n) is 6.20. The number of rotatable bonds is 6. The zero-order valence-electron chi connectivity index (χ0n) is 14.2. The first kappa shape index (κ1) is 17.8. The summed E-state index contributed by atoms with van der Waals surface area (Å²) in [5.74, 6) is -2.33. The highest BCUT2D eigenvalue weighted by atomic mass is 16.5. The number of ether oxygens (including phenoxy) is 1. The molecule has 8 nitrogen and oxygen atoms in total. The number of fused-ring (bicyclic) bond motifs is 1. The number of carbonyl (C=O) groups excluding carboxylic acids is 5. The van der Waals surface area contributed by atoms with Gasteiger partial charge in [-0.2, -0.15) is 0 Å². The Hall–Kier alpha value is -3.03. The summed E-state index contributed by atoms with van der Waals surface area (Å²) in [5, 5.41) is 2.14. The third-order valence-corrected chi connectivity index (χ3v) is 4.35. The number of hydrogen-bond donors (Lipinski definition) is 1. The van der Waals surface area contributed by atoms with Crippen LogP contribution in [0.5, 0.6) is 5.75 Å². The van der Waals surface area contributed by atoms with Crippen molar-refractivity contribution in [1.82, 2.24) is 10.2 Å². The van der Waals surface area contributed by atoms with E-state index in [2.05, 4.69) is 5.32 Å². The third kappa shape index (κ3) is 3.10. The highest BCUT2D eigenvalue weighted by Gasteiger charge is 2.45. The minimum atomic E-state index is -1.03. The number of piperidine rings is 1. The van der Waals surface area contributed by atoms with Gasteiger partial charge in [0, 0.05) is 12.8 Å². The van der Waals surface area contributed by atoms with Crippen molar-refractivity contribution in [3.63, 3.8) is 0 Å². The van der Waals surface area contributed by atoms with Crippen LogP contribution in [0.1, 0.15) is 53.3 Å². The average Bonchev–Trinajstić information content (AvgIpc) is 2.85. The topological polar surface area (TPSA) is 110 Å². The number of nitrogens with zero attached hydrogens (tertiary/aromatic N) is 1. The van der Waals surface area contributed by atoms with Crippen molar-refractivity contribution in [2.24, 2.45) is 0 Å². The van der Waals surface area contributed by atoms with Crippen LogP contribution in [0, 0.1) is 0 Å². The molecule has 0 bridgehead atoms. The van der Waals surface area contributed by atoms with Crippen molar-refractivity contribution < 1.29 is 28.7 Å². The van der Waals surface area contributed by atoms with Crippen LogP contribution in [0.3, 0.4) is 0 Å². The summed E-state index contributed by atoms with van der Waals surface area (Å²) >= 11 is 0. The standard InChI is InChI=1S/C18H18N2O6/c1-2-4-10(21)9-26-13-6-3-5-11-15(13)18(25)20(17(11)24)12-7-8-14(22)19-16(12)23/h3,5-6,12H,2,4,7-9H2,1H3,(H,19,22,23). The molecule has 26 heavy (non-hydrogen) atoms. The molecule has 0 aromatic heterocycles. The van der Waals surface area contributed by atoms with E-state index in [-0.39, 0.29) is 42.1 Å². The fourth-order valence-electron chi connectivity index (χ4n) is 3.11. The Morgan fingerprint density at radius 1 is 1.23 bits per heavy atom. The summed E-state index contributed by atoms with van der Waals surface area (Å²) in [6.07, 6.45) is 1.19. The molecule has 0 spiro atoms. The lowest BCUT2D eigenvalue weighted by Gasteiger charge is -2.27. The minimum absolute atomic E-state index is 0.0477. The molecule has 1 fully saturated rings. The molecule has 4 amide bonds. The second-order valence-corrected chi connectivity index (χ2v) is 6.20. The molecule has 0 radical (unpaired) electrons. The van der Waals surface area contributed by atoms with Crippen LogP contribution < -0.4 is 10.1 Å². The Morgan fingerprint density at radius 3 is 2.69 bits per heavy atom. The van der Waals surface area contributed by atoms with Crippen LogP contribution in [-0.2, 0) is 14.4 Å². The minimum Gasteiger partial charge on any atom is -0.485 e. The van der Waals surface area contributed by atoms with Gasteiger partial charge in [0.25, 0.3) is 11.8 Å². The molecule has 1 aromatic rings. The highest BCUT2D eigenvalue weighted by Crippen LogP contribution is 2.33. The van der Waals surface area contributed by atoms with Crippen LogP contribution in [0.15, 0.2) is 18.2 Å². The van der Waals surface area contributed by atoms with E-state index in [4.69, 9.17) is 4.74 Å². The lowest BCUT2D eigenvalue weighted by atomic mass is 10.0. The first-order valence-corrected chi connectivity index (χ1v) is 8.43. The summed E-state index contributed by atoms with van der Waals surface area (Å²) in [4.78, 5) is 61.3. The second kappa shape index (κ2) is 7.07. The van der Waals surface area contributed by atoms with Gasteiger partial charge in [0.2, 0.25) is 11.8 Å². The molecular formula is C18H18N2O6. The smallest absolute Gasteiger partial charge is 0.266 e. The summed E-state index contributed by atoms with van der Waals surface area (Å²) in [6.45, 7) is 1.68. The van der Waals surface area contributed by atoms with Gasteiger partial charge in [-0.05, 0) is 25.0 Å². The first-order valence-electron chi connectivity index (χ1n) is 8.43. The number of amides is 4. The molecule has 136 valence electrons. The van der Waals surface area contributed by atoms with Gasteiger partial charge in [-0.15, -0.1) is 0 Å². The monoisotopic (exact) mass is 358 g/mol. The predicted molar refractivity (Wildman–Crippen MR) is 88.5 cm³/mol. The number of ketones is 1. The van der Waals surface area contributed by atoms with Gasteiger partial charge < -0.3 is 4.74 Å². The fraction of sp³-hybridized carbons (Fsp3) is 0.389. The van der Waals surface area contributed by atoms with Crippen LogP contribution in [0.2, 0.25) is 0 Å². The first-order chi connectivity index (χ1) is 12.4. The maximum Gasteiger partial charge on any atom is 0.266 e. The molecule has 0 saturated carbocycles. The number of nitrogens with one attached hydrogen (secondary N) is 1. The largest absolute Gasteiger partial charge is 0.485 e. The summed E-state index contributed by atoms with van der Waals surface area (Å²) in [6, 6.07) is 3.51. The zero-order chi connectivity index (χ0) is 18.8. The molecular weight excluding hydrogens is 340 g/mol. The Kier molecular flexibility index (Phi) is 4.83. The quantitative estimate of drug-likeness (QED) is 0.755. The normalized spacial score (nSPS) is 19.4. The van der Waals surface area contributed by atoms with Gasteiger partial charge in [-0.25, -0.2) is 0 Å². The molecule has 3 rings (SSSR count). The van der Waals surface area contributed by atoms with Crippen molar-refractivity contribution in [1.29, 1.82) is 0 Å². The molecule has 2 heterocycles. The molecule has 2 aliphatic rings. The summed E-state index contributed by atoms with van der Waals surface area (Å²) in [7, 11) is 0. The predicted octanol–water partition coefficient (Wildman–Crippen LogP) is 0.836. The Balaban J connectivity index is 1.86. The van der Waals surface area contributed by atoms with E-state index in [0.29, 0.717) is 12.8 Å². The van der Waals surface area contributed by atoms with Crippen LogP contribution >= 0.6 is 0 Å². The van der Waals surface area contributed by atoms with Crippen LogP contribution in [-0.4, -0.2) is 47.0 Å². The molecule has 1 aromatic carbocycles. The molecule has 2 aliphatic heterocycles. The van der Waals surface area contributed by atoms with E-state index in [1.807, 2.05) is 6.92 Å². The number of benzene rings is 1. The molecule has 1 N–H and O–H groups in total. The van der Waals surface area contributed by atoms with Crippen LogP contribution in [0.4, 0.5) is 0 Å². The van der Waals surface area contributed by atoms with Crippen molar-refractivity contribution in [3.05, 3.63) is 29.3 Å². The molecule has 0 aliphatic carbocycles. The van der Waals surface area contributed by atoms with Gasteiger partial charge in [0.15, 0.2) is 5.78 Å². The van der Waals surface area contributed by atoms with E-state index in [0.717, 1.165) is 4.90 Å². The van der Waals surface area contributed by atoms with E-state index in [9.17, 15) is 24.0 Å². The fourth-order valence-corrected chi connectivity index (χ4v) is 3.11. The maximum absolute atomic E-state index is 12.8. The van der Waals surface area contributed by atoms with Crippen molar-refractivity contribution in [3.8, 4) is 5.75 Å². The Bertz CT molecular complexity index is 816. The lowest BCUT2D eigenvalue weighted by molar-refractivity contribution is -0.136. The van der Waals surface area contributed by atoms with E-state index < -0.39 is 29.7 Å². The van der Waals surface area contributed by atoms with Crippen molar-refractivity contribution >= 4 is 29.4 Å². The Labute approximate surface area is 149 Å². The SMILES string of the molecule is CCCC(=O)COc1cccc2c1C(=O)N(C1CCC(=O)NC1=O)C2=O. The number of imide groups is 2. The van der Waals surface area contributed by atoms with Crippen molar-refractivity contribution in [2.45, 2.75) is 38.6 Å². The van der Waals surface area contributed by atoms with Crippen molar-refractivity contribution in [2.75, 3.05) is 6.61 Å². The molecule has 1 atom stereocenters. The highest BCUT2D eigenvalue weighted by molar-refractivity contribution is 6.24. The molecule has 1 unspecified atom stereocenters. The molecule has 1 saturated heterocycles. The zero-order valence-corrected chi connectivity index (χ0v) is 14.2. The van der Waals surface area contributed by atoms with Gasteiger partial charge in [-0.1, -0.05) is 13.0 Å². The third-order valence-electron chi connectivity index (χ3n) is 4.35. The van der Waals surface area contributed by atoms with Gasteiger partial charge in [-0.3, -0.25) is 34.2 Å². The van der Waals surface area contributed by atoms with E-state index >= 15 is 0 Å². The van der Waals surface area contributed by atoms with Gasteiger partial charge in [0.05, 0.1) is 11.1 Å². The van der Waals surface area contributed by atoms with Gasteiger partial charge >= 0.3 is 0 Å². The number of carbonyl (C=O) groups is 5. The summed E-state index contributed by atoms with van der Waals surface area (Å²) in [5.41, 5.74) is 0.173. The maximum atomic E-state index is 12.8. The molecule has 8 heteroatoms. The summed E-state index contributed by atoms with van der Waals surface area (Å²) < 4.78 is 5.46. The number of Topliss-reactive ketones (excluding diaryl/α,β-unsaturated/α-hetero) is 1. The number of hydrogen-bond acceptors (Lipinski definition) is 6. The average molecular weight is 358 g/mol. The van der Waals surface area contributed by atoms with Gasteiger partial charge in [0.1, 0.15) is 18.4 Å². The van der Waals surface area contributed by atoms with E-state index in [1.54, 1.807) is 6.07 Å². The van der Waals surface area contributed by atoms with Crippen LogP contribution in [0.25, 0.3) is 0 Å².